The summed E-state index contributed by atoms with van der Waals surface area (Å²) in [6.45, 7) is 1.20. The van der Waals surface area contributed by atoms with Crippen LogP contribution in [0, 0.1) is 0 Å². The van der Waals surface area contributed by atoms with Crippen molar-refractivity contribution < 1.29 is 14.3 Å². The van der Waals surface area contributed by atoms with Gasteiger partial charge in [0.15, 0.2) is 0 Å². The van der Waals surface area contributed by atoms with Gasteiger partial charge < -0.3 is 19.7 Å². The molecule has 132 valence electrons. The Morgan fingerprint density at radius 3 is 2.64 bits per heavy atom. The van der Waals surface area contributed by atoms with E-state index in [4.69, 9.17) is 9.47 Å². The van der Waals surface area contributed by atoms with Crippen molar-refractivity contribution in [2.24, 2.45) is 0 Å². The Morgan fingerprint density at radius 2 is 1.92 bits per heavy atom. The fourth-order valence-electron chi connectivity index (χ4n) is 3.23. The molecule has 1 aliphatic heterocycles. The van der Waals surface area contributed by atoms with Crippen LogP contribution < -0.4 is 14.8 Å². The quantitative estimate of drug-likeness (QED) is 0.908. The fourth-order valence-corrected chi connectivity index (χ4v) is 3.23. The zero-order valence-corrected chi connectivity index (χ0v) is 14.9. The molecule has 0 radical (unpaired) electrons. The average Bonchev–Trinajstić information content (AvgIpc) is 2.66. The van der Waals surface area contributed by atoms with Gasteiger partial charge in [-0.1, -0.05) is 24.3 Å². The molecule has 5 heteroatoms. The molecule has 2 aromatic carbocycles. The lowest BCUT2D eigenvalue weighted by molar-refractivity contribution is -0.132. The zero-order chi connectivity index (χ0) is 17.8. The molecule has 5 nitrogen and oxygen atoms in total. The van der Waals surface area contributed by atoms with Gasteiger partial charge in [-0.05, 0) is 35.7 Å². The van der Waals surface area contributed by atoms with E-state index in [1.165, 1.54) is 11.1 Å². The van der Waals surface area contributed by atoms with Crippen LogP contribution in [0.25, 0.3) is 0 Å². The highest BCUT2D eigenvalue weighted by atomic mass is 16.5. The summed E-state index contributed by atoms with van der Waals surface area (Å²) in [6.07, 6.45) is 0.717. The average molecular weight is 340 g/mol. The number of rotatable bonds is 5. The molecule has 1 atom stereocenters. The van der Waals surface area contributed by atoms with Gasteiger partial charge in [-0.2, -0.15) is 0 Å². The summed E-state index contributed by atoms with van der Waals surface area (Å²) in [7, 11) is 5.08. The molecule has 25 heavy (non-hydrogen) atoms. The molecule has 0 spiro atoms. The summed E-state index contributed by atoms with van der Waals surface area (Å²) >= 11 is 0. The van der Waals surface area contributed by atoms with Gasteiger partial charge in [0, 0.05) is 25.7 Å². The van der Waals surface area contributed by atoms with E-state index >= 15 is 0 Å². The van der Waals surface area contributed by atoms with Crippen LogP contribution in [0.1, 0.15) is 16.7 Å². The molecular formula is C20H24N2O3. The summed E-state index contributed by atoms with van der Waals surface area (Å²) in [5.74, 6) is 1.59. The van der Waals surface area contributed by atoms with Crippen LogP contribution in [0.3, 0.4) is 0 Å². The first-order valence-electron chi connectivity index (χ1n) is 8.38. The Labute approximate surface area is 148 Å². The maximum Gasteiger partial charge on any atom is 0.240 e. The van der Waals surface area contributed by atoms with Gasteiger partial charge in [0.05, 0.1) is 20.3 Å². The van der Waals surface area contributed by atoms with Gasteiger partial charge in [0.2, 0.25) is 5.91 Å². The molecular weight excluding hydrogens is 316 g/mol. The number of fused-ring (bicyclic) bond motifs is 1. The third kappa shape index (κ3) is 3.77. The number of carbonyl (C=O) groups is 1. The minimum atomic E-state index is -0.198. The van der Waals surface area contributed by atoms with Crippen molar-refractivity contribution in [1.29, 1.82) is 0 Å². The highest BCUT2D eigenvalue weighted by Crippen LogP contribution is 2.25. The van der Waals surface area contributed by atoms with E-state index in [0.29, 0.717) is 13.0 Å². The number of ether oxygens (including phenoxy) is 2. The van der Waals surface area contributed by atoms with Gasteiger partial charge in [0.25, 0.3) is 0 Å². The molecule has 1 aliphatic rings. The van der Waals surface area contributed by atoms with Crippen molar-refractivity contribution in [2.75, 3.05) is 21.3 Å². The van der Waals surface area contributed by atoms with Crippen molar-refractivity contribution >= 4 is 5.91 Å². The van der Waals surface area contributed by atoms with Crippen LogP contribution in [0.4, 0.5) is 0 Å². The van der Waals surface area contributed by atoms with Crippen LogP contribution in [0.5, 0.6) is 11.5 Å². The number of amides is 1. The number of carbonyl (C=O) groups excluding carboxylic acids is 1. The fraction of sp³-hybridized carbons (Fsp3) is 0.350. The van der Waals surface area contributed by atoms with E-state index in [2.05, 4.69) is 17.4 Å². The number of hydrogen-bond donors (Lipinski definition) is 1. The van der Waals surface area contributed by atoms with Crippen molar-refractivity contribution in [2.45, 2.75) is 25.6 Å². The molecule has 0 bridgehead atoms. The maximum atomic E-state index is 12.9. The normalized spacial score (nSPS) is 16.0. The van der Waals surface area contributed by atoms with Gasteiger partial charge >= 0.3 is 0 Å². The van der Waals surface area contributed by atoms with E-state index in [0.717, 1.165) is 23.6 Å². The SMILES string of the molecule is COc1ccc(OC)c(CN(C)C(=O)[C@H]2Cc3ccccc3CN2)c1. The highest BCUT2D eigenvalue weighted by Gasteiger charge is 2.26. The molecule has 3 rings (SSSR count). The third-order valence-corrected chi connectivity index (χ3v) is 4.65. The van der Waals surface area contributed by atoms with E-state index in [1.807, 2.05) is 37.4 Å². The molecule has 0 aromatic heterocycles. The van der Waals surface area contributed by atoms with Crippen LogP contribution in [-0.4, -0.2) is 38.1 Å². The monoisotopic (exact) mass is 340 g/mol. The van der Waals surface area contributed by atoms with Crippen molar-refractivity contribution in [1.82, 2.24) is 10.2 Å². The molecule has 0 aliphatic carbocycles. The molecule has 0 fully saturated rings. The Morgan fingerprint density at radius 1 is 1.16 bits per heavy atom. The molecule has 1 heterocycles. The molecule has 2 aromatic rings. The number of nitrogens with one attached hydrogen (secondary N) is 1. The molecule has 0 saturated carbocycles. The van der Waals surface area contributed by atoms with E-state index in [9.17, 15) is 4.79 Å². The Kier molecular flexibility index (Phi) is 5.24. The Balaban J connectivity index is 1.71. The maximum absolute atomic E-state index is 12.9. The summed E-state index contributed by atoms with van der Waals surface area (Å²) in [5, 5.41) is 3.35. The van der Waals surface area contributed by atoms with Crippen molar-refractivity contribution in [3.05, 3.63) is 59.2 Å². The topological polar surface area (TPSA) is 50.8 Å². The highest BCUT2D eigenvalue weighted by molar-refractivity contribution is 5.82. The lowest BCUT2D eigenvalue weighted by Crippen LogP contribution is -2.48. The van der Waals surface area contributed by atoms with Gasteiger partial charge in [0.1, 0.15) is 11.5 Å². The molecule has 1 amide bonds. The molecule has 1 N–H and O–H groups in total. The van der Waals surface area contributed by atoms with Crippen LogP contribution in [0.15, 0.2) is 42.5 Å². The minimum Gasteiger partial charge on any atom is -0.497 e. The van der Waals surface area contributed by atoms with Crippen molar-refractivity contribution in [3.8, 4) is 11.5 Å². The predicted octanol–water partition coefficient (Wildman–Crippen LogP) is 2.38. The van der Waals surface area contributed by atoms with Gasteiger partial charge in [-0.15, -0.1) is 0 Å². The van der Waals surface area contributed by atoms with Crippen LogP contribution in [0.2, 0.25) is 0 Å². The predicted molar refractivity (Wildman–Crippen MR) is 96.8 cm³/mol. The van der Waals surface area contributed by atoms with E-state index < -0.39 is 0 Å². The second kappa shape index (κ2) is 7.57. The first kappa shape index (κ1) is 17.3. The number of nitrogens with zero attached hydrogens (tertiary/aromatic N) is 1. The Hall–Kier alpha value is -2.53. The lowest BCUT2D eigenvalue weighted by Gasteiger charge is -2.29. The zero-order valence-electron chi connectivity index (χ0n) is 14.9. The van der Waals surface area contributed by atoms with E-state index in [1.54, 1.807) is 19.1 Å². The van der Waals surface area contributed by atoms with Gasteiger partial charge in [-0.25, -0.2) is 0 Å². The second-order valence-corrected chi connectivity index (χ2v) is 6.28. The van der Waals surface area contributed by atoms with Crippen LogP contribution >= 0.6 is 0 Å². The first-order chi connectivity index (χ1) is 12.1. The standard InChI is InChI=1S/C20H24N2O3/c1-22(13-16-10-17(24-2)8-9-19(16)25-3)20(23)18-11-14-6-4-5-7-15(14)12-21-18/h4-10,18,21H,11-13H2,1-3H3/t18-/m1/s1. The number of methoxy groups -OCH3 is 2. The lowest BCUT2D eigenvalue weighted by atomic mass is 9.95. The van der Waals surface area contributed by atoms with E-state index in [-0.39, 0.29) is 11.9 Å². The summed E-state index contributed by atoms with van der Waals surface area (Å²) in [5.41, 5.74) is 3.43. The summed E-state index contributed by atoms with van der Waals surface area (Å²) in [4.78, 5) is 14.6. The van der Waals surface area contributed by atoms with Crippen molar-refractivity contribution in [3.63, 3.8) is 0 Å². The van der Waals surface area contributed by atoms with Crippen LogP contribution in [-0.2, 0) is 24.3 Å². The largest absolute Gasteiger partial charge is 0.497 e. The third-order valence-electron chi connectivity index (χ3n) is 4.65. The first-order valence-corrected chi connectivity index (χ1v) is 8.38. The number of hydrogen-bond acceptors (Lipinski definition) is 4. The summed E-state index contributed by atoms with van der Waals surface area (Å²) in [6, 6.07) is 13.7. The molecule has 0 saturated heterocycles. The Bertz CT molecular complexity index is 760. The minimum absolute atomic E-state index is 0.0828. The number of benzene rings is 2. The van der Waals surface area contributed by atoms with Gasteiger partial charge in [-0.3, -0.25) is 4.79 Å². The second-order valence-electron chi connectivity index (χ2n) is 6.28. The molecule has 0 unspecified atom stereocenters. The number of likely N-dealkylation sites (N-methyl/N-ethyl adjacent to an activating group) is 1. The smallest absolute Gasteiger partial charge is 0.240 e. The summed E-state index contributed by atoms with van der Waals surface area (Å²) < 4.78 is 10.7.